The fourth-order valence-corrected chi connectivity index (χ4v) is 1.24. The van der Waals surface area contributed by atoms with Crippen LogP contribution in [0.3, 0.4) is 0 Å². The summed E-state index contributed by atoms with van der Waals surface area (Å²) in [7, 11) is 0. The largest absolute Gasteiger partial charge is 0.395 e. The molecule has 1 aromatic rings. The highest BCUT2D eigenvalue weighted by molar-refractivity contribution is 5.00. The smallest absolute Gasteiger partial charge is 0.0556 e. The molecule has 1 aromatic heterocycles. The summed E-state index contributed by atoms with van der Waals surface area (Å²) in [5, 5.41) is 15.9. The molecule has 1 rings (SSSR count). The molecule has 0 amide bonds. The van der Waals surface area contributed by atoms with Gasteiger partial charge in [-0.25, -0.2) is 0 Å². The van der Waals surface area contributed by atoms with Gasteiger partial charge in [0.2, 0.25) is 0 Å². The lowest BCUT2D eigenvalue weighted by Crippen LogP contribution is -2.20. The van der Waals surface area contributed by atoms with Crippen LogP contribution in [0.4, 0.5) is 0 Å². The van der Waals surface area contributed by atoms with Gasteiger partial charge in [0, 0.05) is 25.3 Å². The molecular weight excluding hydrogens is 166 g/mol. The lowest BCUT2D eigenvalue weighted by molar-refractivity contribution is 0.291. The fraction of sp³-hybridized carbons (Fsp3) is 0.667. The molecule has 13 heavy (non-hydrogen) atoms. The van der Waals surface area contributed by atoms with Crippen LogP contribution in [0, 0.1) is 0 Å². The Morgan fingerprint density at radius 1 is 1.62 bits per heavy atom. The first-order valence-electron chi connectivity index (χ1n) is 4.59. The van der Waals surface area contributed by atoms with E-state index in [1.165, 1.54) is 0 Å². The van der Waals surface area contributed by atoms with E-state index in [0.29, 0.717) is 12.6 Å². The number of hydrogen-bond acceptors (Lipinski definition) is 3. The van der Waals surface area contributed by atoms with E-state index < -0.39 is 0 Å². The van der Waals surface area contributed by atoms with Crippen LogP contribution in [0.1, 0.15) is 25.6 Å². The summed E-state index contributed by atoms with van der Waals surface area (Å²) in [4.78, 5) is 0. The SMILES string of the molecule is CC(C)n1nccc1CNCCO. The Hall–Kier alpha value is -0.870. The number of rotatable bonds is 5. The second-order valence-corrected chi connectivity index (χ2v) is 3.26. The summed E-state index contributed by atoms with van der Waals surface area (Å²) in [6.45, 7) is 5.77. The Bertz CT molecular complexity index is 245. The van der Waals surface area contributed by atoms with Crippen molar-refractivity contribution in [3.63, 3.8) is 0 Å². The van der Waals surface area contributed by atoms with E-state index in [2.05, 4.69) is 24.3 Å². The van der Waals surface area contributed by atoms with E-state index in [9.17, 15) is 0 Å². The molecule has 0 unspecified atom stereocenters. The Labute approximate surface area is 78.6 Å². The van der Waals surface area contributed by atoms with Crippen LogP contribution >= 0.6 is 0 Å². The van der Waals surface area contributed by atoms with Crippen LogP contribution < -0.4 is 5.32 Å². The molecule has 0 aliphatic heterocycles. The van der Waals surface area contributed by atoms with Crippen molar-refractivity contribution < 1.29 is 5.11 Å². The molecule has 74 valence electrons. The standard InChI is InChI=1S/C9H17N3O/c1-8(2)12-9(3-4-11-12)7-10-5-6-13/h3-4,8,10,13H,5-7H2,1-2H3. The van der Waals surface area contributed by atoms with E-state index >= 15 is 0 Å². The van der Waals surface area contributed by atoms with Gasteiger partial charge < -0.3 is 10.4 Å². The number of hydrogen-bond donors (Lipinski definition) is 2. The normalized spacial score (nSPS) is 11.1. The molecule has 0 radical (unpaired) electrons. The summed E-state index contributed by atoms with van der Waals surface area (Å²) < 4.78 is 1.98. The van der Waals surface area contributed by atoms with Crippen molar-refractivity contribution in [2.45, 2.75) is 26.4 Å². The van der Waals surface area contributed by atoms with Crippen LogP contribution in [0.25, 0.3) is 0 Å². The predicted molar refractivity (Wildman–Crippen MR) is 51.4 cm³/mol. The quantitative estimate of drug-likeness (QED) is 0.655. The third-order valence-electron chi connectivity index (χ3n) is 1.84. The van der Waals surface area contributed by atoms with Gasteiger partial charge in [-0.05, 0) is 19.9 Å². The first kappa shape index (κ1) is 10.2. The molecule has 0 aliphatic carbocycles. The highest BCUT2D eigenvalue weighted by Gasteiger charge is 2.04. The van der Waals surface area contributed by atoms with Crippen molar-refractivity contribution in [2.24, 2.45) is 0 Å². The van der Waals surface area contributed by atoms with Crippen molar-refractivity contribution in [2.75, 3.05) is 13.2 Å². The lowest BCUT2D eigenvalue weighted by atomic mass is 10.3. The maximum Gasteiger partial charge on any atom is 0.0556 e. The second-order valence-electron chi connectivity index (χ2n) is 3.26. The number of nitrogens with zero attached hydrogens (tertiary/aromatic N) is 2. The summed E-state index contributed by atoms with van der Waals surface area (Å²) in [5.41, 5.74) is 1.16. The molecule has 4 nitrogen and oxygen atoms in total. The first-order chi connectivity index (χ1) is 6.25. The van der Waals surface area contributed by atoms with Crippen LogP contribution in [0.2, 0.25) is 0 Å². The summed E-state index contributed by atoms with van der Waals surface area (Å²) in [5.74, 6) is 0. The van der Waals surface area contributed by atoms with Gasteiger partial charge in [-0.3, -0.25) is 4.68 Å². The Morgan fingerprint density at radius 2 is 2.38 bits per heavy atom. The molecule has 0 aliphatic rings. The molecule has 0 saturated heterocycles. The second kappa shape index (κ2) is 4.99. The van der Waals surface area contributed by atoms with E-state index in [1.54, 1.807) is 6.20 Å². The van der Waals surface area contributed by atoms with Crippen molar-refractivity contribution in [1.82, 2.24) is 15.1 Å². The first-order valence-corrected chi connectivity index (χ1v) is 4.59. The van der Waals surface area contributed by atoms with Gasteiger partial charge in [-0.2, -0.15) is 5.10 Å². The maximum atomic E-state index is 8.59. The minimum absolute atomic E-state index is 0.176. The molecule has 0 saturated carbocycles. The summed E-state index contributed by atoms with van der Waals surface area (Å²) in [6.07, 6.45) is 1.80. The summed E-state index contributed by atoms with van der Waals surface area (Å²) in [6, 6.07) is 2.38. The van der Waals surface area contributed by atoms with E-state index in [0.717, 1.165) is 12.2 Å². The fourth-order valence-electron chi connectivity index (χ4n) is 1.24. The van der Waals surface area contributed by atoms with Gasteiger partial charge in [0.05, 0.1) is 12.3 Å². The van der Waals surface area contributed by atoms with Gasteiger partial charge in [0.15, 0.2) is 0 Å². The maximum absolute atomic E-state index is 8.59. The van der Waals surface area contributed by atoms with E-state index in [4.69, 9.17) is 5.11 Å². The highest BCUT2D eigenvalue weighted by Crippen LogP contribution is 2.06. The average molecular weight is 183 g/mol. The molecular formula is C9H17N3O. The van der Waals surface area contributed by atoms with Gasteiger partial charge >= 0.3 is 0 Å². The Balaban J connectivity index is 2.50. The zero-order valence-corrected chi connectivity index (χ0v) is 8.20. The van der Waals surface area contributed by atoms with Gasteiger partial charge in [-0.15, -0.1) is 0 Å². The van der Waals surface area contributed by atoms with Crippen LogP contribution in [-0.2, 0) is 6.54 Å². The Morgan fingerprint density at radius 3 is 3.00 bits per heavy atom. The van der Waals surface area contributed by atoms with Crippen LogP contribution in [-0.4, -0.2) is 28.0 Å². The van der Waals surface area contributed by atoms with Crippen LogP contribution in [0.15, 0.2) is 12.3 Å². The molecule has 4 heteroatoms. The van der Waals surface area contributed by atoms with E-state index in [1.807, 2.05) is 10.7 Å². The molecule has 0 spiro atoms. The third-order valence-corrected chi connectivity index (χ3v) is 1.84. The molecule has 0 bridgehead atoms. The van der Waals surface area contributed by atoms with Crippen molar-refractivity contribution in [3.8, 4) is 0 Å². The van der Waals surface area contributed by atoms with Gasteiger partial charge in [0.1, 0.15) is 0 Å². The average Bonchev–Trinajstić information content (AvgIpc) is 2.53. The van der Waals surface area contributed by atoms with E-state index in [-0.39, 0.29) is 6.61 Å². The molecule has 1 heterocycles. The van der Waals surface area contributed by atoms with Gasteiger partial charge in [-0.1, -0.05) is 0 Å². The predicted octanol–water partition coefficient (Wildman–Crippen LogP) is 0.546. The Kier molecular flexibility index (Phi) is 3.92. The number of nitrogens with one attached hydrogen (secondary N) is 1. The summed E-state index contributed by atoms with van der Waals surface area (Å²) >= 11 is 0. The highest BCUT2D eigenvalue weighted by atomic mass is 16.3. The van der Waals surface area contributed by atoms with Crippen LogP contribution in [0.5, 0.6) is 0 Å². The molecule has 0 atom stereocenters. The zero-order chi connectivity index (χ0) is 9.68. The van der Waals surface area contributed by atoms with Crippen molar-refractivity contribution in [1.29, 1.82) is 0 Å². The third kappa shape index (κ3) is 2.82. The minimum atomic E-state index is 0.176. The number of aliphatic hydroxyl groups is 1. The molecule has 0 aromatic carbocycles. The zero-order valence-electron chi connectivity index (χ0n) is 8.20. The number of aliphatic hydroxyl groups excluding tert-OH is 1. The van der Waals surface area contributed by atoms with Crippen molar-refractivity contribution >= 4 is 0 Å². The lowest BCUT2D eigenvalue weighted by Gasteiger charge is -2.10. The molecule has 0 fully saturated rings. The number of aromatic nitrogens is 2. The topological polar surface area (TPSA) is 50.1 Å². The molecule has 2 N–H and O–H groups in total. The van der Waals surface area contributed by atoms with Crippen molar-refractivity contribution in [3.05, 3.63) is 18.0 Å². The monoisotopic (exact) mass is 183 g/mol. The van der Waals surface area contributed by atoms with Gasteiger partial charge in [0.25, 0.3) is 0 Å². The minimum Gasteiger partial charge on any atom is -0.395 e.